The number of carbonyl (C=O) groups excluding carboxylic acids is 1. The van der Waals surface area contributed by atoms with E-state index in [0.29, 0.717) is 43.2 Å². The lowest BCUT2D eigenvalue weighted by Crippen LogP contribution is -2.49. The molecular weight excluding hydrogens is 416 g/mol. The number of nitrogens with zero attached hydrogens (tertiary/aromatic N) is 5. The Morgan fingerprint density at radius 2 is 1.90 bits per heavy atom. The zero-order valence-electron chi connectivity index (χ0n) is 17.6. The van der Waals surface area contributed by atoms with Crippen LogP contribution in [-0.4, -0.2) is 77.6 Å². The topological polar surface area (TPSA) is 99.9 Å². The van der Waals surface area contributed by atoms with Crippen molar-refractivity contribution in [2.75, 3.05) is 39.5 Å². The zero-order valence-corrected chi connectivity index (χ0v) is 18.4. The standard InChI is InChI=1S/C21H26N6O3S/c1-25-12-13-26(31(2,29)30)15-18(25)20-24-23-19-9-8-17(14-27(19)20)21(28)22-11-10-16-6-4-3-5-7-16/h3-9,14,18H,10-13,15H2,1-2H3,(H,22,28). The van der Waals surface area contributed by atoms with Gasteiger partial charge >= 0.3 is 0 Å². The summed E-state index contributed by atoms with van der Waals surface area (Å²) in [5.41, 5.74) is 2.27. The lowest BCUT2D eigenvalue weighted by molar-refractivity contribution is 0.0953. The van der Waals surface area contributed by atoms with E-state index >= 15 is 0 Å². The Balaban J connectivity index is 1.52. The SMILES string of the molecule is CN1CCN(S(C)(=O)=O)CC1c1nnc2ccc(C(=O)NCCc3ccccc3)cn12. The minimum Gasteiger partial charge on any atom is -0.352 e. The highest BCUT2D eigenvalue weighted by molar-refractivity contribution is 7.88. The van der Waals surface area contributed by atoms with Crippen LogP contribution in [0.15, 0.2) is 48.7 Å². The Morgan fingerprint density at radius 1 is 1.13 bits per heavy atom. The number of nitrogens with one attached hydrogen (secondary N) is 1. The van der Waals surface area contributed by atoms with Crippen LogP contribution in [0.3, 0.4) is 0 Å². The molecule has 1 atom stereocenters. The summed E-state index contributed by atoms with van der Waals surface area (Å²) in [4.78, 5) is 14.7. The van der Waals surface area contributed by atoms with Crippen molar-refractivity contribution < 1.29 is 13.2 Å². The largest absolute Gasteiger partial charge is 0.352 e. The van der Waals surface area contributed by atoms with Crippen molar-refractivity contribution in [2.45, 2.75) is 12.5 Å². The fourth-order valence-corrected chi connectivity index (χ4v) is 4.59. The Morgan fingerprint density at radius 3 is 2.65 bits per heavy atom. The second-order valence-corrected chi connectivity index (χ2v) is 9.80. The minimum absolute atomic E-state index is 0.174. The Labute approximate surface area is 181 Å². The maximum absolute atomic E-state index is 12.7. The molecule has 4 rings (SSSR count). The molecule has 0 aliphatic carbocycles. The van der Waals surface area contributed by atoms with Crippen LogP contribution in [0.4, 0.5) is 0 Å². The first-order chi connectivity index (χ1) is 14.8. The molecule has 1 amide bonds. The molecule has 3 aromatic rings. The van der Waals surface area contributed by atoms with Crippen LogP contribution in [0.2, 0.25) is 0 Å². The number of benzene rings is 1. The molecular formula is C21H26N6O3S. The quantitative estimate of drug-likeness (QED) is 0.610. The summed E-state index contributed by atoms with van der Waals surface area (Å²) in [6.45, 7) is 1.86. The van der Waals surface area contributed by atoms with E-state index < -0.39 is 10.0 Å². The van der Waals surface area contributed by atoms with Crippen LogP contribution in [0.25, 0.3) is 5.65 Å². The van der Waals surface area contributed by atoms with E-state index in [4.69, 9.17) is 0 Å². The van der Waals surface area contributed by atoms with Crippen molar-refractivity contribution >= 4 is 21.6 Å². The third-order valence-electron chi connectivity index (χ3n) is 5.61. The Hall–Kier alpha value is -2.82. The lowest BCUT2D eigenvalue weighted by Gasteiger charge is -2.37. The third-order valence-corrected chi connectivity index (χ3v) is 6.88. The average molecular weight is 443 g/mol. The number of pyridine rings is 1. The van der Waals surface area contributed by atoms with Crippen LogP contribution in [0.1, 0.15) is 27.8 Å². The number of hydrogen-bond donors (Lipinski definition) is 1. The molecule has 0 spiro atoms. The van der Waals surface area contributed by atoms with E-state index in [1.807, 2.05) is 37.4 Å². The van der Waals surface area contributed by atoms with Gasteiger partial charge in [0.25, 0.3) is 5.91 Å². The number of likely N-dealkylation sites (N-methyl/N-ethyl adjacent to an activating group) is 1. The van der Waals surface area contributed by atoms with Crippen molar-refractivity contribution in [1.82, 2.24) is 29.1 Å². The number of sulfonamides is 1. The van der Waals surface area contributed by atoms with Crippen molar-refractivity contribution in [3.8, 4) is 0 Å². The van der Waals surface area contributed by atoms with Gasteiger partial charge in [0.05, 0.1) is 17.9 Å². The highest BCUT2D eigenvalue weighted by Gasteiger charge is 2.33. The van der Waals surface area contributed by atoms with E-state index in [9.17, 15) is 13.2 Å². The molecule has 3 heterocycles. The van der Waals surface area contributed by atoms with Crippen LogP contribution in [0.5, 0.6) is 0 Å². The molecule has 1 unspecified atom stereocenters. The number of rotatable bonds is 6. The lowest BCUT2D eigenvalue weighted by atomic mass is 10.1. The van der Waals surface area contributed by atoms with Crippen LogP contribution in [-0.2, 0) is 16.4 Å². The molecule has 10 heteroatoms. The van der Waals surface area contributed by atoms with Gasteiger partial charge in [-0.05, 0) is 31.2 Å². The van der Waals surface area contributed by atoms with Crippen molar-refractivity contribution in [2.24, 2.45) is 0 Å². The molecule has 1 fully saturated rings. The predicted molar refractivity (Wildman–Crippen MR) is 117 cm³/mol. The second kappa shape index (κ2) is 8.74. The summed E-state index contributed by atoms with van der Waals surface area (Å²) in [5, 5.41) is 11.5. The van der Waals surface area contributed by atoms with Gasteiger partial charge in [-0.25, -0.2) is 8.42 Å². The van der Waals surface area contributed by atoms with E-state index in [0.717, 1.165) is 12.0 Å². The van der Waals surface area contributed by atoms with Gasteiger partial charge in [-0.2, -0.15) is 4.31 Å². The molecule has 0 radical (unpaired) electrons. The number of amides is 1. The highest BCUT2D eigenvalue weighted by Crippen LogP contribution is 2.24. The van der Waals surface area contributed by atoms with Gasteiger partial charge in [0.15, 0.2) is 11.5 Å². The summed E-state index contributed by atoms with van der Waals surface area (Å²) >= 11 is 0. The fourth-order valence-electron chi connectivity index (χ4n) is 3.77. The molecule has 2 aromatic heterocycles. The first kappa shape index (κ1) is 21.4. The monoisotopic (exact) mass is 442 g/mol. The van der Waals surface area contributed by atoms with Gasteiger partial charge in [-0.3, -0.25) is 14.1 Å². The van der Waals surface area contributed by atoms with E-state index in [-0.39, 0.29) is 11.9 Å². The van der Waals surface area contributed by atoms with Gasteiger partial charge in [0, 0.05) is 32.4 Å². The smallest absolute Gasteiger partial charge is 0.252 e. The number of carbonyl (C=O) groups is 1. The van der Waals surface area contributed by atoms with Gasteiger partial charge in [0.1, 0.15) is 0 Å². The molecule has 0 bridgehead atoms. The summed E-state index contributed by atoms with van der Waals surface area (Å²) in [7, 11) is -1.36. The molecule has 164 valence electrons. The van der Waals surface area contributed by atoms with E-state index in [2.05, 4.69) is 20.4 Å². The van der Waals surface area contributed by atoms with Crippen LogP contribution < -0.4 is 5.32 Å². The molecule has 1 aliphatic heterocycles. The number of aromatic nitrogens is 3. The fraction of sp³-hybridized carbons (Fsp3) is 0.381. The van der Waals surface area contributed by atoms with Crippen molar-refractivity contribution in [1.29, 1.82) is 0 Å². The molecule has 1 N–H and O–H groups in total. The van der Waals surface area contributed by atoms with Crippen LogP contribution >= 0.6 is 0 Å². The molecule has 0 saturated carbocycles. The molecule has 9 nitrogen and oxygen atoms in total. The van der Waals surface area contributed by atoms with E-state index in [1.165, 1.54) is 10.6 Å². The average Bonchev–Trinajstić information content (AvgIpc) is 3.17. The molecule has 1 saturated heterocycles. The minimum atomic E-state index is -3.30. The van der Waals surface area contributed by atoms with E-state index in [1.54, 1.807) is 22.7 Å². The normalized spacial score (nSPS) is 18.3. The first-order valence-corrected chi connectivity index (χ1v) is 12.0. The maximum Gasteiger partial charge on any atom is 0.252 e. The van der Waals surface area contributed by atoms with Crippen LogP contribution in [0, 0.1) is 0 Å². The first-order valence-electron chi connectivity index (χ1n) is 10.1. The van der Waals surface area contributed by atoms with Gasteiger partial charge in [-0.15, -0.1) is 10.2 Å². The van der Waals surface area contributed by atoms with Crippen molar-refractivity contribution in [3.63, 3.8) is 0 Å². The highest BCUT2D eigenvalue weighted by atomic mass is 32.2. The molecule has 1 aliphatic rings. The predicted octanol–water partition coefficient (Wildman–Crippen LogP) is 0.950. The zero-order chi connectivity index (χ0) is 22.0. The van der Waals surface area contributed by atoms with Gasteiger partial charge in [-0.1, -0.05) is 30.3 Å². The Kier molecular flexibility index (Phi) is 6.03. The maximum atomic E-state index is 12.7. The number of fused-ring (bicyclic) bond motifs is 1. The summed E-state index contributed by atoms with van der Waals surface area (Å²) in [6.07, 6.45) is 3.69. The summed E-state index contributed by atoms with van der Waals surface area (Å²) < 4.78 is 27.3. The Bertz CT molecular complexity index is 1180. The van der Waals surface area contributed by atoms with Crippen molar-refractivity contribution in [3.05, 3.63) is 65.6 Å². The number of piperazine rings is 1. The third kappa shape index (κ3) is 4.76. The number of hydrogen-bond acceptors (Lipinski definition) is 6. The van der Waals surface area contributed by atoms with Gasteiger partial charge < -0.3 is 5.32 Å². The molecule has 31 heavy (non-hydrogen) atoms. The second-order valence-electron chi connectivity index (χ2n) is 7.81. The summed E-state index contributed by atoms with van der Waals surface area (Å²) in [5.74, 6) is 0.442. The summed E-state index contributed by atoms with van der Waals surface area (Å²) in [6, 6.07) is 13.2. The molecule has 1 aromatic carbocycles. The van der Waals surface area contributed by atoms with Gasteiger partial charge in [0.2, 0.25) is 10.0 Å².